The van der Waals surface area contributed by atoms with Gasteiger partial charge in [0.25, 0.3) is 0 Å². The predicted octanol–water partition coefficient (Wildman–Crippen LogP) is 3.33. The minimum Gasteiger partial charge on any atom is -0.369 e. The molecule has 0 aliphatic rings. The lowest BCUT2D eigenvalue weighted by molar-refractivity contribution is 0.420. The van der Waals surface area contributed by atoms with E-state index in [0.717, 1.165) is 16.8 Å². The largest absolute Gasteiger partial charge is 0.369 e. The van der Waals surface area contributed by atoms with Crippen LogP contribution in [0.15, 0.2) is 53.4 Å². The molecule has 1 radical (unpaired) electrons. The van der Waals surface area contributed by atoms with Crippen LogP contribution < -0.4 is 5.32 Å². The summed E-state index contributed by atoms with van der Waals surface area (Å²) in [6, 6.07) is 13.2. The number of hydrogen-bond donors (Lipinski definition) is 1. The molecule has 105 valence electrons. The first-order chi connectivity index (χ1) is 10.3. The first kappa shape index (κ1) is 13.3. The van der Waals surface area contributed by atoms with Crippen LogP contribution in [0.2, 0.25) is 0 Å². The van der Waals surface area contributed by atoms with Gasteiger partial charge in [0.15, 0.2) is 0 Å². The third-order valence-electron chi connectivity index (χ3n) is 3.02. The fraction of sp³-hybridized carbons (Fsp3) is 0.125. The molecule has 1 aromatic carbocycles. The number of nitrogens with one attached hydrogen (secondary N) is 1. The van der Waals surface area contributed by atoms with Crippen LogP contribution in [-0.4, -0.2) is 16.7 Å². The summed E-state index contributed by atoms with van der Waals surface area (Å²) >= 11 is 0. The Morgan fingerprint density at radius 1 is 1.29 bits per heavy atom. The van der Waals surface area contributed by atoms with E-state index in [1.54, 1.807) is 24.6 Å². The number of rotatable bonds is 5. The summed E-state index contributed by atoms with van der Waals surface area (Å²) < 4.78 is 17.9. The van der Waals surface area contributed by atoms with Crippen molar-refractivity contribution in [1.82, 2.24) is 10.1 Å². The second kappa shape index (κ2) is 6.17. The summed E-state index contributed by atoms with van der Waals surface area (Å²) in [6.45, 7) is 0.653. The van der Waals surface area contributed by atoms with Crippen molar-refractivity contribution in [3.8, 4) is 11.3 Å². The van der Waals surface area contributed by atoms with Gasteiger partial charge in [0.2, 0.25) is 0 Å². The number of nitrogens with zero attached hydrogens (tertiary/aromatic N) is 2. The monoisotopic (exact) mass is 282 g/mol. The van der Waals surface area contributed by atoms with E-state index in [2.05, 4.69) is 21.5 Å². The minimum atomic E-state index is -0.216. The van der Waals surface area contributed by atoms with Crippen molar-refractivity contribution in [3.63, 3.8) is 0 Å². The standard InChI is InChI=1S/C16H13FN3O/c17-14-4-1-3-12(9-14)7-8-18-16-6-2-5-15(20-16)13-10-19-21-11-13/h1-5,9-11H,7-8H2,(H,18,20). The van der Waals surface area contributed by atoms with Gasteiger partial charge >= 0.3 is 0 Å². The number of aromatic nitrogens is 2. The van der Waals surface area contributed by atoms with E-state index in [1.807, 2.05) is 12.1 Å². The lowest BCUT2D eigenvalue weighted by Gasteiger charge is -2.06. The summed E-state index contributed by atoms with van der Waals surface area (Å²) in [7, 11) is 0. The van der Waals surface area contributed by atoms with E-state index in [4.69, 9.17) is 4.52 Å². The third kappa shape index (κ3) is 3.45. The molecule has 0 unspecified atom stereocenters. The van der Waals surface area contributed by atoms with E-state index in [0.29, 0.717) is 18.8 Å². The Morgan fingerprint density at radius 3 is 3.05 bits per heavy atom. The fourth-order valence-corrected chi connectivity index (χ4v) is 1.99. The zero-order chi connectivity index (χ0) is 14.5. The molecule has 21 heavy (non-hydrogen) atoms. The van der Waals surface area contributed by atoms with Crippen molar-refractivity contribution < 1.29 is 8.91 Å². The maximum Gasteiger partial charge on any atom is 0.134 e. The predicted molar refractivity (Wildman–Crippen MR) is 77.2 cm³/mol. The van der Waals surface area contributed by atoms with Gasteiger partial charge in [0.1, 0.15) is 17.9 Å². The topological polar surface area (TPSA) is 51.0 Å². The molecule has 0 amide bonds. The van der Waals surface area contributed by atoms with Crippen molar-refractivity contribution in [3.05, 3.63) is 66.3 Å². The summed E-state index contributed by atoms with van der Waals surface area (Å²) in [4.78, 5) is 4.42. The molecule has 0 saturated carbocycles. The van der Waals surface area contributed by atoms with Crippen LogP contribution in [0.1, 0.15) is 5.56 Å². The smallest absolute Gasteiger partial charge is 0.134 e. The van der Waals surface area contributed by atoms with Crippen LogP contribution >= 0.6 is 0 Å². The Kier molecular flexibility index (Phi) is 3.91. The van der Waals surface area contributed by atoms with Crippen LogP contribution in [0.5, 0.6) is 0 Å². The summed E-state index contributed by atoms with van der Waals surface area (Å²) in [5.41, 5.74) is 2.53. The molecule has 3 aromatic rings. The summed E-state index contributed by atoms with van der Waals surface area (Å²) in [5, 5.41) is 6.83. The Balaban J connectivity index is 1.62. The molecule has 0 aliphatic carbocycles. The minimum absolute atomic E-state index is 0.216. The molecule has 0 saturated heterocycles. The normalized spacial score (nSPS) is 10.5. The number of hydrogen-bond acceptors (Lipinski definition) is 4. The van der Waals surface area contributed by atoms with Crippen LogP contribution in [0.3, 0.4) is 0 Å². The lowest BCUT2D eigenvalue weighted by atomic mass is 10.1. The zero-order valence-electron chi connectivity index (χ0n) is 11.2. The molecule has 0 fully saturated rings. The van der Waals surface area contributed by atoms with Gasteiger partial charge in [-0.3, -0.25) is 0 Å². The SMILES string of the molecule is Fc1cccc(CCNc2[c]ccc(-c3cnoc3)n2)c1. The van der Waals surface area contributed by atoms with Gasteiger partial charge in [-0.25, -0.2) is 9.37 Å². The van der Waals surface area contributed by atoms with E-state index in [-0.39, 0.29) is 5.82 Å². The van der Waals surface area contributed by atoms with Crippen molar-refractivity contribution in [1.29, 1.82) is 0 Å². The molecule has 0 bridgehead atoms. The maximum absolute atomic E-state index is 13.1. The molecule has 2 heterocycles. The molecule has 3 rings (SSSR count). The average Bonchev–Trinajstić information content (AvgIpc) is 3.02. The van der Waals surface area contributed by atoms with Gasteiger partial charge in [-0.2, -0.15) is 0 Å². The van der Waals surface area contributed by atoms with Crippen molar-refractivity contribution in [2.75, 3.05) is 11.9 Å². The van der Waals surface area contributed by atoms with E-state index in [1.165, 1.54) is 12.1 Å². The fourth-order valence-electron chi connectivity index (χ4n) is 1.99. The van der Waals surface area contributed by atoms with Crippen LogP contribution in [-0.2, 0) is 6.42 Å². The molecule has 2 aromatic heterocycles. The van der Waals surface area contributed by atoms with Gasteiger partial charge in [0, 0.05) is 12.6 Å². The van der Waals surface area contributed by atoms with Crippen molar-refractivity contribution >= 4 is 5.82 Å². The van der Waals surface area contributed by atoms with E-state index in [9.17, 15) is 4.39 Å². The molecule has 0 aliphatic heterocycles. The molecular formula is C16H13FN3O. The Labute approximate surface area is 121 Å². The van der Waals surface area contributed by atoms with Gasteiger partial charge < -0.3 is 9.84 Å². The Bertz CT molecular complexity index is 713. The highest BCUT2D eigenvalue weighted by atomic mass is 19.1. The lowest BCUT2D eigenvalue weighted by Crippen LogP contribution is -2.06. The second-order valence-electron chi connectivity index (χ2n) is 4.54. The van der Waals surface area contributed by atoms with Gasteiger partial charge in [0.05, 0.1) is 17.5 Å². The first-order valence-electron chi connectivity index (χ1n) is 6.58. The molecule has 0 atom stereocenters. The van der Waals surface area contributed by atoms with Crippen LogP contribution in [0.4, 0.5) is 10.2 Å². The average molecular weight is 282 g/mol. The van der Waals surface area contributed by atoms with Crippen molar-refractivity contribution in [2.45, 2.75) is 6.42 Å². The van der Waals surface area contributed by atoms with Gasteiger partial charge in [-0.1, -0.05) is 17.3 Å². The molecule has 0 spiro atoms. The number of benzene rings is 1. The van der Waals surface area contributed by atoms with Crippen LogP contribution in [0.25, 0.3) is 11.3 Å². The Morgan fingerprint density at radius 2 is 2.24 bits per heavy atom. The second-order valence-corrected chi connectivity index (χ2v) is 4.54. The van der Waals surface area contributed by atoms with E-state index < -0.39 is 0 Å². The van der Waals surface area contributed by atoms with Gasteiger partial charge in [-0.15, -0.1) is 0 Å². The molecule has 1 N–H and O–H groups in total. The highest BCUT2D eigenvalue weighted by Crippen LogP contribution is 2.17. The highest BCUT2D eigenvalue weighted by Gasteiger charge is 2.03. The highest BCUT2D eigenvalue weighted by molar-refractivity contribution is 5.58. The summed E-state index contributed by atoms with van der Waals surface area (Å²) in [6.07, 6.45) is 3.86. The first-order valence-corrected chi connectivity index (χ1v) is 6.58. The quantitative estimate of drug-likeness (QED) is 0.780. The van der Waals surface area contributed by atoms with E-state index >= 15 is 0 Å². The maximum atomic E-state index is 13.1. The van der Waals surface area contributed by atoms with Crippen molar-refractivity contribution in [2.24, 2.45) is 0 Å². The molecular weight excluding hydrogens is 269 g/mol. The Hall–Kier alpha value is -2.69. The molecule has 4 nitrogen and oxygen atoms in total. The molecule has 5 heteroatoms. The zero-order valence-corrected chi connectivity index (χ0v) is 11.2. The third-order valence-corrected chi connectivity index (χ3v) is 3.02. The number of anilines is 1. The van der Waals surface area contributed by atoms with Gasteiger partial charge in [-0.05, 0) is 36.2 Å². The summed E-state index contributed by atoms with van der Waals surface area (Å²) in [5.74, 6) is 0.428. The van der Waals surface area contributed by atoms with Crippen LogP contribution in [0, 0.1) is 11.9 Å². The number of halogens is 1. The number of pyridine rings is 1.